The van der Waals surface area contributed by atoms with Crippen LogP contribution in [-0.4, -0.2) is 5.11 Å². The Balaban J connectivity index is 2.05. The van der Waals surface area contributed by atoms with Crippen LogP contribution in [0.2, 0.25) is 5.02 Å². The molecule has 0 heterocycles. The Kier molecular flexibility index (Phi) is 4.29. The first kappa shape index (κ1) is 13.7. The zero-order chi connectivity index (χ0) is 13.8. The standard InChI is InChI=1S/C13H9ClF2N2S/c14-8-4-5-12(11(16)6-8)18-13(19)17-10-3-1-2-9(15)7-10/h1-7H,(H2,17,18,19). The average molecular weight is 299 g/mol. The van der Waals surface area contributed by atoms with Gasteiger partial charge < -0.3 is 10.6 Å². The van der Waals surface area contributed by atoms with Crippen molar-refractivity contribution in [1.29, 1.82) is 0 Å². The van der Waals surface area contributed by atoms with E-state index in [-0.39, 0.29) is 16.6 Å². The van der Waals surface area contributed by atoms with Gasteiger partial charge in [0.05, 0.1) is 5.69 Å². The minimum Gasteiger partial charge on any atom is -0.332 e. The van der Waals surface area contributed by atoms with Crippen LogP contribution in [0, 0.1) is 11.6 Å². The van der Waals surface area contributed by atoms with Gasteiger partial charge in [-0.1, -0.05) is 17.7 Å². The summed E-state index contributed by atoms with van der Waals surface area (Å²) in [4.78, 5) is 0. The summed E-state index contributed by atoms with van der Waals surface area (Å²) in [6.45, 7) is 0. The average Bonchev–Trinajstić information content (AvgIpc) is 2.33. The molecule has 19 heavy (non-hydrogen) atoms. The Labute approximate surface area is 119 Å². The molecule has 2 rings (SSSR count). The fraction of sp³-hybridized carbons (Fsp3) is 0. The molecule has 0 bridgehead atoms. The van der Waals surface area contributed by atoms with Crippen molar-refractivity contribution < 1.29 is 8.78 Å². The van der Waals surface area contributed by atoms with Gasteiger partial charge in [-0.3, -0.25) is 0 Å². The number of anilines is 2. The second-order valence-corrected chi connectivity index (χ2v) is 4.56. The fourth-order valence-electron chi connectivity index (χ4n) is 1.44. The Morgan fingerprint density at radius 2 is 1.84 bits per heavy atom. The second kappa shape index (κ2) is 5.95. The summed E-state index contributed by atoms with van der Waals surface area (Å²) in [7, 11) is 0. The maximum absolute atomic E-state index is 13.5. The Hall–Kier alpha value is -1.72. The molecule has 0 aromatic heterocycles. The van der Waals surface area contributed by atoms with E-state index < -0.39 is 5.82 Å². The Morgan fingerprint density at radius 3 is 2.53 bits per heavy atom. The van der Waals surface area contributed by atoms with Crippen LogP contribution in [0.4, 0.5) is 20.2 Å². The lowest BCUT2D eigenvalue weighted by atomic mass is 10.3. The first-order chi connectivity index (χ1) is 9.04. The number of hydrogen-bond donors (Lipinski definition) is 2. The van der Waals surface area contributed by atoms with E-state index in [4.69, 9.17) is 23.8 Å². The van der Waals surface area contributed by atoms with Crippen LogP contribution >= 0.6 is 23.8 Å². The number of hydrogen-bond acceptors (Lipinski definition) is 1. The van der Waals surface area contributed by atoms with Crippen molar-refractivity contribution in [2.45, 2.75) is 0 Å². The van der Waals surface area contributed by atoms with E-state index >= 15 is 0 Å². The maximum atomic E-state index is 13.5. The van der Waals surface area contributed by atoms with E-state index in [0.717, 1.165) is 0 Å². The highest BCUT2D eigenvalue weighted by atomic mass is 35.5. The summed E-state index contributed by atoms with van der Waals surface area (Å²) in [6.07, 6.45) is 0. The summed E-state index contributed by atoms with van der Waals surface area (Å²) in [5.74, 6) is -0.902. The molecular weight excluding hydrogens is 290 g/mol. The zero-order valence-electron chi connectivity index (χ0n) is 9.58. The zero-order valence-corrected chi connectivity index (χ0v) is 11.2. The lowest BCUT2D eigenvalue weighted by molar-refractivity contribution is 0.628. The fourth-order valence-corrected chi connectivity index (χ4v) is 1.83. The molecule has 0 atom stereocenters. The van der Waals surface area contributed by atoms with E-state index in [1.54, 1.807) is 12.1 Å². The van der Waals surface area contributed by atoms with E-state index in [1.165, 1.54) is 30.3 Å². The van der Waals surface area contributed by atoms with Gasteiger partial charge in [-0.25, -0.2) is 8.78 Å². The van der Waals surface area contributed by atoms with Crippen molar-refractivity contribution in [2.24, 2.45) is 0 Å². The molecule has 0 amide bonds. The number of thiocarbonyl (C=S) groups is 1. The smallest absolute Gasteiger partial charge is 0.175 e. The third-order valence-corrected chi connectivity index (χ3v) is 2.70. The number of rotatable bonds is 2. The van der Waals surface area contributed by atoms with Crippen molar-refractivity contribution in [3.8, 4) is 0 Å². The van der Waals surface area contributed by atoms with Crippen LogP contribution in [0.25, 0.3) is 0 Å². The second-order valence-electron chi connectivity index (χ2n) is 3.71. The third kappa shape index (κ3) is 3.87. The van der Waals surface area contributed by atoms with E-state index in [0.29, 0.717) is 10.7 Å². The Bertz CT molecular complexity index is 619. The van der Waals surface area contributed by atoms with Crippen LogP contribution in [0.5, 0.6) is 0 Å². The number of nitrogens with one attached hydrogen (secondary N) is 2. The molecule has 2 aromatic rings. The molecule has 0 aliphatic heterocycles. The monoisotopic (exact) mass is 298 g/mol. The molecule has 0 unspecified atom stereocenters. The molecule has 0 fully saturated rings. The van der Waals surface area contributed by atoms with Crippen LogP contribution < -0.4 is 10.6 Å². The first-order valence-corrected chi connectivity index (χ1v) is 6.12. The van der Waals surface area contributed by atoms with Crippen LogP contribution in [-0.2, 0) is 0 Å². The maximum Gasteiger partial charge on any atom is 0.175 e. The van der Waals surface area contributed by atoms with Crippen molar-refractivity contribution >= 4 is 40.3 Å². The largest absolute Gasteiger partial charge is 0.332 e. The van der Waals surface area contributed by atoms with E-state index in [1.807, 2.05) is 0 Å². The van der Waals surface area contributed by atoms with Gasteiger partial charge in [0.15, 0.2) is 5.11 Å². The summed E-state index contributed by atoms with van der Waals surface area (Å²) >= 11 is 10.7. The first-order valence-electron chi connectivity index (χ1n) is 5.33. The minimum atomic E-state index is -0.518. The predicted octanol–water partition coefficient (Wildman–Crippen LogP) is 4.43. The molecule has 0 aliphatic carbocycles. The molecule has 6 heteroatoms. The summed E-state index contributed by atoms with van der Waals surface area (Å²) in [6, 6.07) is 9.98. The van der Waals surface area contributed by atoms with Crippen molar-refractivity contribution in [1.82, 2.24) is 0 Å². The molecule has 2 nitrogen and oxygen atoms in total. The number of halogens is 3. The molecule has 0 saturated heterocycles. The SMILES string of the molecule is Fc1cccc(NC(=S)Nc2ccc(Cl)cc2F)c1. The lowest BCUT2D eigenvalue weighted by Gasteiger charge is -2.11. The van der Waals surface area contributed by atoms with Crippen LogP contribution in [0.1, 0.15) is 0 Å². The normalized spacial score (nSPS) is 10.1. The quantitative estimate of drug-likeness (QED) is 0.802. The minimum absolute atomic E-state index is 0.159. The molecule has 0 saturated carbocycles. The highest BCUT2D eigenvalue weighted by Crippen LogP contribution is 2.19. The van der Waals surface area contributed by atoms with Gasteiger partial charge in [-0.15, -0.1) is 0 Å². The Morgan fingerprint density at radius 1 is 1.05 bits per heavy atom. The van der Waals surface area contributed by atoms with Crippen LogP contribution in [0.3, 0.4) is 0 Å². The van der Waals surface area contributed by atoms with Gasteiger partial charge in [0.25, 0.3) is 0 Å². The lowest BCUT2D eigenvalue weighted by Crippen LogP contribution is -2.19. The summed E-state index contributed by atoms with van der Waals surface area (Å²) in [5.41, 5.74) is 0.671. The third-order valence-electron chi connectivity index (χ3n) is 2.26. The predicted molar refractivity (Wildman–Crippen MR) is 77.7 cm³/mol. The topological polar surface area (TPSA) is 24.1 Å². The van der Waals surface area contributed by atoms with Crippen molar-refractivity contribution in [2.75, 3.05) is 10.6 Å². The van der Waals surface area contributed by atoms with Crippen LogP contribution in [0.15, 0.2) is 42.5 Å². The van der Waals surface area contributed by atoms with Gasteiger partial charge in [0, 0.05) is 10.7 Å². The molecule has 98 valence electrons. The molecule has 2 aromatic carbocycles. The van der Waals surface area contributed by atoms with Crippen molar-refractivity contribution in [3.63, 3.8) is 0 Å². The molecule has 0 spiro atoms. The molecular formula is C13H9ClF2N2S. The summed E-state index contributed by atoms with van der Waals surface area (Å²) < 4.78 is 26.5. The summed E-state index contributed by atoms with van der Waals surface area (Å²) in [5, 5.41) is 5.88. The van der Waals surface area contributed by atoms with E-state index in [9.17, 15) is 8.78 Å². The van der Waals surface area contributed by atoms with Gasteiger partial charge in [-0.2, -0.15) is 0 Å². The van der Waals surface area contributed by atoms with Crippen molar-refractivity contribution in [3.05, 3.63) is 59.1 Å². The van der Waals surface area contributed by atoms with Gasteiger partial charge >= 0.3 is 0 Å². The van der Waals surface area contributed by atoms with Gasteiger partial charge in [0.1, 0.15) is 11.6 Å². The molecule has 2 N–H and O–H groups in total. The highest BCUT2D eigenvalue weighted by molar-refractivity contribution is 7.80. The molecule has 0 aliphatic rings. The van der Waals surface area contributed by atoms with Gasteiger partial charge in [-0.05, 0) is 48.6 Å². The number of benzene rings is 2. The molecule has 0 radical (unpaired) electrons. The highest BCUT2D eigenvalue weighted by Gasteiger charge is 2.05. The van der Waals surface area contributed by atoms with Gasteiger partial charge in [0.2, 0.25) is 0 Å². The van der Waals surface area contributed by atoms with E-state index in [2.05, 4.69) is 10.6 Å².